The van der Waals surface area contributed by atoms with Gasteiger partial charge in [0.05, 0.1) is 10.6 Å². The largest absolute Gasteiger partial charge is 0.354 e. The molecule has 0 saturated carbocycles. The van der Waals surface area contributed by atoms with Gasteiger partial charge in [0.1, 0.15) is 12.4 Å². The van der Waals surface area contributed by atoms with E-state index in [-0.39, 0.29) is 10.6 Å². The van der Waals surface area contributed by atoms with Gasteiger partial charge in [0.15, 0.2) is 0 Å². The zero-order valence-corrected chi connectivity index (χ0v) is 16.5. The van der Waals surface area contributed by atoms with Gasteiger partial charge in [0.25, 0.3) is 10.0 Å². The van der Waals surface area contributed by atoms with E-state index in [9.17, 15) is 17.6 Å². The van der Waals surface area contributed by atoms with E-state index in [1.54, 1.807) is 18.2 Å². The Morgan fingerprint density at radius 3 is 2.07 bits per heavy atom. The van der Waals surface area contributed by atoms with Crippen molar-refractivity contribution in [2.75, 3.05) is 17.4 Å². The summed E-state index contributed by atoms with van der Waals surface area (Å²) in [5.41, 5.74) is 1.29. The lowest BCUT2D eigenvalue weighted by molar-refractivity contribution is -0.119. The van der Waals surface area contributed by atoms with E-state index in [2.05, 4.69) is 5.32 Å². The first-order chi connectivity index (χ1) is 14.0. The highest BCUT2D eigenvalue weighted by molar-refractivity contribution is 7.92. The molecule has 0 spiro atoms. The predicted octanol–water partition coefficient (Wildman–Crippen LogP) is 3.38. The number of carbonyl (C=O) groups excluding carboxylic acids is 1. The number of nitrogens with zero attached hydrogens (tertiary/aromatic N) is 1. The lowest BCUT2D eigenvalue weighted by Crippen LogP contribution is -2.41. The van der Waals surface area contributed by atoms with Gasteiger partial charge in [0, 0.05) is 6.54 Å². The molecule has 0 aliphatic heterocycles. The number of carbonyl (C=O) groups is 1. The molecule has 0 atom stereocenters. The van der Waals surface area contributed by atoms with Crippen molar-refractivity contribution in [3.05, 3.63) is 96.3 Å². The minimum absolute atomic E-state index is 0.0569. The van der Waals surface area contributed by atoms with Gasteiger partial charge in [0.2, 0.25) is 5.91 Å². The van der Waals surface area contributed by atoms with Gasteiger partial charge in [-0.25, -0.2) is 12.8 Å². The molecule has 7 heteroatoms. The average Bonchev–Trinajstić information content (AvgIpc) is 2.74. The van der Waals surface area contributed by atoms with Crippen LogP contribution in [0.4, 0.5) is 10.1 Å². The van der Waals surface area contributed by atoms with Crippen molar-refractivity contribution >= 4 is 21.6 Å². The summed E-state index contributed by atoms with van der Waals surface area (Å²) in [6, 6.07) is 22.5. The van der Waals surface area contributed by atoms with Crippen LogP contribution in [0.5, 0.6) is 0 Å². The van der Waals surface area contributed by atoms with Gasteiger partial charge in [-0.05, 0) is 48.4 Å². The monoisotopic (exact) mass is 412 g/mol. The second-order valence-corrected chi connectivity index (χ2v) is 8.25. The van der Waals surface area contributed by atoms with Gasteiger partial charge in [-0.15, -0.1) is 0 Å². The van der Waals surface area contributed by atoms with Crippen LogP contribution in [0.25, 0.3) is 0 Å². The molecule has 3 aromatic rings. The lowest BCUT2D eigenvalue weighted by Gasteiger charge is -2.24. The number of halogens is 1. The highest BCUT2D eigenvalue weighted by Crippen LogP contribution is 2.23. The van der Waals surface area contributed by atoms with Gasteiger partial charge in [-0.1, -0.05) is 48.5 Å². The summed E-state index contributed by atoms with van der Waals surface area (Å²) >= 11 is 0. The van der Waals surface area contributed by atoms with Crippen molar-refractivity contribution in [1.82, 2.24) is 5.32 Å². The van der Waals surface area contributed by atoms with Gasteiger partial charge in [-0.3, -0.25) is 9.10 Å². The second kappa shape index (κ2) is 9.34. The Bertz CT molecular complexity index is 1040. The Morgan fingerprint density at radius 1 is 0.862 bits per heavy atom. The Labute approximate surface area is 169 Å². The summed E-state index contributed by atoms with van der Waals surface area (Å²) in [4.78, 5) is 12.5. The number of hydrogen-bond donors (Lipinski definition) is 1. The molecule has 1 amide bonds. The minimum atomic E-state index is -3.99. The van der Waals surface area contributed by atoms with E-state index in [0.717, 1.165) is 22.0 Å². The fraction of sp³-hybridized carbons (Fsp3) is 0.136. The summed E-state index contributed by atoms with van der Waals surface area (Å²) in [5.74, 6) is -0.928. The number of rotatable bonds is 8. The molecule has 0 aromatic heterocycles. The summed E-state index contributed by atoms with van der Waals surface area (Å²) in [6.45, 7) is -0.0247. The highest BCUT2D eigenvalue weighted by atomic mass is 32.2. The van der Waals surface area contributed by atoms with E-state index in [0.29, 0.717) is 13.0 Å². The van der Waals surface area contributed by atoms with Crippen molar-refractivity contribution in [3.63, 3.8) is 0 Å². The molecule has 150 valence electrons. The summed E-state index contributed by atoms with van der Waals surface area (Å²) in [6.07, 6.45) is 0.633. The molecule has 29 heavy (non-hydrogen) atoms. The number of benzene rings is 3. The van der Waals surface area contributed by atoms with E-state index >= 15 is 0 Å². The Balaban J connectivity index is 1.76. The normalized spacial score (nSPS) is 11.1. The zero-order chi connectivity index (χ0) is 20.7. The number of nitrogens with one attached hydrogen (secondary N) is 1. The van der Waals surface area contributed by atoms with E-state index in [1.165, 1.54) is 24.3 Å². The molecule has 0 unspecified atom stereocenters. The van der Waals surface area contributed by atoms with Crippen LogP contribution in [-0.4, -0.2) is 27.4 Å². The quantitative estimate of drug-likeness (QED) is 0.617. The lowest BCUT2D eigenvalue weighted by atomic mass is 10.1. The SMILES string of the molecule is O=C(CN(c1ccc(F)cc1)S(=O)(=O)c1ccccc1)NCCc1ccccc1. The second-order valence-electron chi connectivity index (χ2n) is 6.39. The fourth-order valence-electron chi connectivity index (χ4n) is 2.82. The van der Waals surface area contributed by atoms with E-state index in [4.69, 9.17) is 0 Å². The number of hydrogen-bond acceptors (Lipinski definition) is 3. The van der Waals surface area contributed by atoms with Crippen molar-refractivity contribution < 1.29 is 17.6 Å². The Kier molecular flexibility index (Phi) is 6.61. The molecule has 1 N–H and O–H groups in total. The molecule has 0 heterocycles. The van der Waals surface area contributed by atoms with Gasteiger partial charge in [-0.2, -0.15) is 0 Å². The minimum Gasteiger partial charge on any atom is -0.354 e. The van der Waals surface area contributed by atoms with Crippen LogP contribution in [0.1, 0.15) is 5.56 Å². The molecule has 0 fully saturated rings. The van der Waals surface area contributed by atoms with Crippen molar-refractivity contribution in [3.8, 4) is 0 Å². The molecular weight excluding hydrogens is 391 g/mol. The topological polar surface area (TPSA) is 66.5 Å². The molecule has 0 bridgehead atoms. The predicted molar refractivity (Wildman–Crippen MR) is 111 cm³/mol. The van der Waals surface area contributed by atoms with Crippen LogP contribution in [0.2, 0.25) is 0 Å². The maximum absolute atomic E-state index is 13.3. The van der Waals surface area contributed by atoms with Crippen LogP contribution in [0.3, 0.4) is 0 Å². The fourth-order valence-corrected chi connectivity index (χ4v) is 4.26. The third-order valence-corrected chi connectivity index (χ3v) is 6.10. The molecule has 0 aliphatic rings. The van der Waals surface area contributed by atoms with Crippen LogP contribution in [0.15, 0.2) is 89.8 Å². The van der Waals surface area contributed by atoms with Crippen molar-refractivity contribution in [2.45, 2.75) is 11.3 Å². The maximum atomic E-state index is 13.3. The standard InChI is InChI=1S/C22H21FN2O3S/c23-19-11-13-20(14-12-19)25(29(27,28)21-9-5-2-6-10-21)17-22(26)24-16-15-18-7-3-1-4-8-18/h1-14H,15-17H2,(H,24,26). The molecule has 0 aliphatic carbocycles. The first-order valence-electron chi connectivity index (χ1n) is 9.11. The van der Waals surface area contributed by atoms with Crippen LogP contribution < -0.4 is 9.62 Å². The van der Waals surface area contributed by atoms with E-state index in [1.807, 2.05) is 30.3 Å². The highest BCUT2D eigenvalue weighted by Gasteiger charge is 2.27. The molecule has 0 saturated heterocycles. The number of sulfonamides is 1. The summed E-state index contributed by atoms with van der Waals surface area (Å²) in [5, 5.41) is 2.75. The third kappa shape index (κ3) is 5.42. The summed E-state index contributed by atoms with van der Waals surface area (Å²) in [7, 11) is -3.99. The van der Waals surface area contributed by atoms with Crippen LogP contribution in [0, 0.1) is 5.82 Å². The number of anilines is 1. The molecule has 3 aromatic carbocycles. The average molecular weight is 412 g/mol. The molecule has 3 rings (SSSR count). The first-order valence-corrected chi connectivity index (χ1v) is 10.5. The number of amides is 1. The van der Waals surface area contributed by atoms with Crippen LogP contribution >= 0.6 is 0 Å². The summed E-state index contributed by atoms with van der Waals surface area (Å²) < 4.78 is 40.5. The maximum Gasteiger partial charge on any atom is 0.264 e. The van der Waals surface area contributed by atoms with Gasteiger partial charge < -0.3 is 5.32 Å². The smallest absolute Gasteiger partial charge is 0.264 e. The molecular formula is C22H21FN2O3S. The van der Waals surface area contributed by atoms with Crippen LogP contribution in [-0.2, 0) is 21.2 Å². The molecule has 0 radical (unpaired) electrons. The third-order valence-electron chi connectivity index (χ3n) is 4.31. The Hall–Kier alpha value is -3.19. The zero-order valence-electron chi connectivity index (χ0n) is 15.7. The van der Waals surface area contributed by atoms with Crippen molar-refractivity contribution in [1.29, 1.82) is 0 Å². The molecule has 5 nitrogen and oxygen atoms in total. The van der Waals surface area contributed by atoms with Crippen molar-refractivity contribution in [2.24, 2.45) is 0 Å². The van der Waals surface area contributed by atoms with E-state index < -0.39 is 28.3 Å². The first kappa shape index (κ1) is 20.5. The Morgan fingerprint density at radius 2 is 1.45 bits per heavy atom. The van der Waals surface area contributed by atoms with Gasteiger partial charge >= 0.3 is 0 Å².